The van der Waals surface area contributed by atoms with Gasteiger partial charge in [-0.15, -0.1) is 0 Å². The number of anilines is 1. The maximum absolute atomic E-state index is 15.2. The first-order valence-corrected chi connectivity index (χ1v) is 13.2. The van der Waals surface area contributed by atoms with Crippen LogP contribution in [0.3, 0.4) is 0 Å². The number of rotatable bonds is 5. The Labute approximate surface area is 197 Å². The van der Waals surface area contributed by atoms with Gasteiger partial charge in [0.15, 0.2) is 0 Å². The SMILES string of the molecule is N#CC1(NS(=O)(=O)c2ccc3c(c2)[nH]c2ncnc(N4CCC(N5CCCC5)[C@@H](F)C4)c23)CC1. The molecular formula is C23H26FN7O2S. The van der Waals surface area contributed by atoms with Crippen LogP contribution in [0.5, 0.6) is 0 Å². The van der Waals surface area contributed by atoms with E-state index in [-0.39, 0.29) is 17.5 Å². The number of H-pyrrole nitrogens is 1. The summed E-state index contributed by atoms with van der Waals surface area (Å²) in [5, 5.41) is 10.8. The van der Waals surface area contributed by atoms with Crippen LogP contribution in [0.4, 0.5) is 10.2 Å². The summed E-state index contributed by atoms with van der Waals surface area (Å²) in [6, 6.07) is 6.82. The van der Waals surface area contributed by atoms with Gasteiger partial charge in [-0.05, 0) is 57.3 Å². The first-order valence-electron chi connectivity index (χ1n) is 11.7. The average Bonchev–Trinajstić information content (AvgIpc) is 3.21. The number of benzene rings is 1. The van der Waals surface area contributed by atoms with E-state index in [2.05, 4.69) is 24.6 Å². The van der Waals surface area contributed by atoms with E-state index in [9.17, 15) is 13.7 Å². The summed E-state index contributed by atoms with van der Waals surface area (Å²) in [4.78, 5) is 16.4. The molecular weight excluding hydrogens is 457 g/mol. The van der Waals surface area contributed by atoms with Gasteiger partial charge in [0.25, 0.3) is 0 Å². The van der Waals surface area contributed by atoms with Gasteiger partial charge in [0.05, 0.1) is 22.9 Å². The van der Waals surface area contributed by atoms with Gasteiger partial charge in [0.2, 0.25) is 10.0 Å². The van der Waals surface area contributed by atoms with Crippen LogP contribution in [-0.4, -0.2) is 72.2 Å². The smallest absolute Gasteiger partial charge is 0.242 e. The number of piperidine rings is 1. The van der Waals surface area contributed by atoms with E-state index in [0.717, 1.165) is 43.1 Å². The van der Waals surface area contributed by atoms with E-state index in [0.29, 0.717) is 36.4 Å². The van der Waals surface area contributed by atoms with Crippen LogP contribution < -0.4 is 9.62 Å². The van der Waals surface area contributed by atoms with Crippen molar-refractivity contribution in [1.29, 1.82) is 5.26 Å². The topological polar surface area (TPSA) is 118 Å². The number of nitrogens with one attached hydrogen (secondary N) is 2. The van der Waals surface area contributed by atoms with Crippen molar-refractivity contribution >= 4 is 37.8 Å². The molecule has 1 aliphatic carbocycles. The molecule has 3 aromatic rings. The summed E-state index contributed by atoms with van der Waals surface area (Å²) in [7, 11) is -3.84. The number of nitriles is 1. The number of hydrogen-bond donors (Lipinski definition) is 2. The number of aromatic nitrogens is 3. The van der Waals surface area contributed by atoms with E-state index in [1.165, 1.54) is 12.4 Å². The average molecular weight is 484 g/mol. The van der Waals surface area contributed by atoms with Crippen molar-refractivity contribution in [1.82, 2.24) is 24.6 Å². The zero-order valence-corrected chi connectivity index (χ0v) is 19.5. The van der Waals surface area contributed by atoms with E-state index in [1.54, 1.807) is 12.1 Å². The van der Waals surface area contributed by atoms with Crippen LogP contribution in [0.15, 0.2) is 29.4 Å². The Morgan fingerprint density at radius 2 is 2.00 bits per heavy atom. The number of likely N-dealkylation sites (tertiary alicyclic amines) is 1. The highest BCUT2D eigenvalue weighted by Crippen LogP contribution is 2.37. The highest BCUT2D eigenvalue weighted by molar-refractivity contribution is 7.89. The fourth-order valence-electron chi connectivity index (χ4n) is 5.35. The van der Waals surface area contributed by atoms with Gasteiger partial charge in [-0.3, -0.25) is 4.90 Å². The van der Waals surface area contributed by atoms with Gasteiger partial charge in [-0.25, -0.2) is 22.8 Å². The summed E-state index contributed by atoms with van der Waals surface area (Å²) in [5.74, 6) is 0.661. The van der Waals surface area contributed by atoms with Crippen molar-refractivity contribution in [3.8, 4) is 6.07 Å². The number of aromatic amines is 1. The minimum absolute atomic E-state index is 0.0394. The van der Waals surface area contributed by atoms with Gasteiger partial charge < -0.3 is 9.88 Å². The van der Waals surface area contributed by atoms with Crippen molar-refractivity contribution in [2.45, 2.75) is 54.8 Å². The molecule has 3 aliphatic rings. The minimum Gasteiger partial charge on any atom is -0.353 e. The fourth-order valence-corrected chi connectivity index (χ4v) is 6.75. The molecule has 6 rings (SSSR count). The van der Waals surface area contributed by atoms with E-state index < -0.39 is 21.7 Å². The Morgan fingerprint density at radius 1 is 1.21 bits per heavy atom. The maximum Gasteiger partial charge on any atom is 0.242 e. The zero-order valence-electron chi connectivity index (χ0n) is 18.7. The second-order valence-electron chi connectivity index (χ2n) is 9.61. The van der Waals surface area contributed by atoms with Crippen LogP contribution in [0.1, 0.15) is 32.1 Å². The highest BCUT2D eigenvalue weighted by Gasteiger charge is 2.46. The Kier molecular flexibility index (Phi) is 5.02. The molecule has 1 saturated carbocycles. The molecule has 4 heterocycles. The van der Waals surface area contributed by atoms with Crippen LogP contribution in [0.2, 0.25) is 0 Å². The number of halogens is 1. The lowest BCUT2D eigenvalue weighted by atomic mass is 10.0. The van der Waals surface area contributed by atoms with Gasteiger partial charge in [-0.1, -0.05) is 6.07 Å². The van der Waals surface area contributed by atoms with Crippen molar-refractivity contribution < 1.29 is 12.8 Å². The van der Waals surface area contributed by atoms with Gasteiger partial charge in [-0.2, -0.15) is 9.98 Å². The summed E-state index contributed by atoms with van der Waals surface area (Å²) >= 11 is 0. The largest absolute Gasteiger partial charge is 0.353 e. The lowest BCUT2D eigenvalue weighted by molar-refractivity contribution is 0.114. The second-order valence-corrected chi connectivity index (χ2v) is 11.3. The lowest BCUT2D eigenvalue weighted by Gasteiger charge is -2.39. The number of sulfonamides is 1. The number of nitrogens with zero attached hydrogens (tertiary/aromatic N) is 5. The molecule has 0 amide bonds. The normalized spacial score (nSPS) is 25.1. The third kappa shape index (κ3) is 3.61. The molecule has 2 aliphatic heterocycles. The summed E-state index contributed by atoms with van der Waals surface area (Å²) < 4.78 is 43.4. The third-order valence-electron chi connectivity index (χ3n) is 7.36. The van der Waals surface area contributed by atoms with Crippen molar-refractivity contribution in [3.63, 3.8) is 0 Å². The fraction of sp³-hybridized carbons (Fsp3) is 0.522. The predicted molar refractivity (Wildman–Crippen MR) is 126 cm³/mol. The first kappa shape index (κ1) is 21.7. The Balaban J connectivity index is 1.33. The van der Waals surface area contributed by atoms with Gasteiger partial charge in [0.1, 0.15) is 29.5 Å². The van der Waals surface area contributed by atoms with Crippen molar-refractivity contribution in [3.05, 3.63) is 24.5 Å². The second kappa shape index (κ2) is 7.86. The molecule has 178 valence electrons. The summed E-state index contributed by atoms with van der Waals surface area (Å²) in [5.41, 5.74) is 0.192. The first-order chi connectivity index (χ1) is 16.4. The van der Waals surface area contributed by atoms with E-state index >= 15 is 4.39 Å². The van der Waals surface area contributed by atoms with Gasteiger partial charge >= 0.3 is 0 Å². The lowest BCUT2D eigenvalue weighted by Crippen LogP contribution is -2.52. The van der Waals surface area contributed by atoms with E-state index in [1.807, 2.05) is 11.0 Å². The van der Waals surface area contributed by atoms with Gasteiger partial charge in [0, 0.05) is 23.5 Å². The zero-order chi connectivity index (χ0) is 23.5. The molecule has 1 unspecified atom stereocenters. The Bertz CT molecular complexity index is 1410. The molecule has 2 saturated heterocycles. The Hall–Kier alpha value is -2.81. The maximum atomic E-state index is 15.2. The van der Waals surface area contributed by atoms with Crippen LogP contribution in [0.25, 0.3) is 21.9 Å². The quantitative estimate of drug-likeness (QED) is 0.572. The number of fused-ring (bicyclic) bond motifs is 3. The molecule has 2 atom stereocenters. The molecule has 0 radical (unpaired) electrons. The monoisotopic (exact) mass is 483 g/mol. The molecule has 0 bridgehead atoms. The third-order valence-corrected chi connectivity index (χ3v) is 8.90. The van der Waals surface area contributed by atoms with Crippen molar-refractivity contribution in [2.75, 3.05) is 31.1 Å². The molecule has 11 heteroatoms. The Morgan fingerprint density at radius 3 is 2.71 bits per heavy atom. The summed E-state index contributed by atoms with van der Waals surface area (Å²) in [6.07, 6.45) is 4.54. The minimum atomic E-state index is -3.84. The van der Waals surface area contributed by atoms with Crippen LogP contribution in [-0.2, 0) is 10.0 Å². The number of alkyl halides is 1. The predicted octanol–water partition coefficient (Wildman–Crippen LogP) is 2.46. The molecule has 9 nitrogen and oxygen atoms in total. The molecule has 2 N–H and O–H groups in total. The van der Waals surface area contributed by atoms with Crippen molar-refractivity contribution in [2.24, 2.45) is 0 Å². The highest BCUT2D eigenvalue weighted by atomic mass is 32.2. The van der Waals surface area contributed by atoms with E-state index in [4.69, 9.17) is 0 Å². The molecule has 34 heavy (non-hydrogen) atoms. The summed E-state index contributed by atoms with van der Waals surface area (Å²) in [6.45, 7) is 2.92. The standard InChI is InChI=1S/C23H26FN7O2S/c24-17-12-31(10-5-19(17)30-8-1-2-9-30)22-20-16-4-3-15(11-18(16)28-21(20)26-14-27-22)34(32,33)29-23(13-25)6-7-23/h3-4,11,14,17,19,29H,1-2,5-10,12H2,(H,26,27,28)/t17-,19?/m0/s1. The molecule has 3 fully saturated rings. The number of hydrogen-bond acceptors (Lipinski definition) is 7. The molecule has 2 aromatic heterocycles. The molecule has 0 spiro atoms. The molecule has 1 aromatic carbocycles. The van der Waals surface area contributed by atoms with Crippen LogP contribution in [0, 0.1) is 11.3 Å². The van der Waals surface area contributed by atoms with Crippen LogP contribution >= 0.6 is 0 Å².